The molecule has 1 amide bonds. The number of H-pyrrole nitrogens is 1. The Hall–Kier alpha value is -3.00. The predicted octanol–water partition coefficient (Wildman–Crippen LogP) is 2.60. The molecule has 0 radical (unpaired) electrons. The molecular formula is C20H22FN5O2. The van der Waals surface area contributed by atoms with Crippen molar-refractivity contribution in [1.82, 2.24) is 25.4 Å². The van der Waals surface area contributed by atoms with Gasteiger partial charge >= 0.3 is 0 Å². The fourth-order valence-electron chi connectivity index (χ4n) is 3.62. The number of aromatic amines is 1. The molecule has 0 aliphatic carbocycles. The minimum atomic E-state index is -0.735. The number of halogens is 1. The molecule has 3 N–H and O–H groups in total. The van der Waals surface area contributed by atoms with E-state index in [9.17, 15) is 14.3 Å². The number of nitrogens with one attached hydrogen (secondary N) is 2. The summed E-state index contributed by atoms with van der Waals surface area (Å²) < 4.78 is 13.8. The second-order valence-electron chi connectivity index (χ2n) is 7.06. The van der Waals surface area contributed by atoms with E-state index in [1.807, 2.05) is 11.8 Å². The van der Waals surface area contributed by atoms with Crippen molar-refractivity contribution in [1.29, 1.82) is 0 Å². The fraction of sp³-hybridized carbons (Fsp3) is 0.350. The van der Waals surface area contributed by atoms with Crippen molar-refractivity contribution in [2.24, 2.45) is 0 Å². The highest BCUT2D eigenvalue weighted by Crippen LogP contribution is 2.29. The van der Waals surface area contributed by atoms with E-state index in [0.717, 1.165) is 13.0 Å². The lowest BCUT2D eigenvalue weighted by Crippen LogP contribution is -2.52. The van der Waals surface area contributed by atoms with Gasteiger partial charge in [-0.25, -0.2) is 9.37 Å². The highest BCUT2D eigenvalue weighted by molar-refractivity contribution is 6.07. The van der Waals surface area contributed by atoms with Gasteiger partial charge in [0.25, 0.3) is 5.91 Å². The van der Waals surface area contributed by atoms with Crippen molar-refractivity contribution >= 4 is 16.9 Å². The SMILES string of the molecule is CC[C@H]1CN(C(=O)c2cc(-c3ccc(O)c(F)c3)nc3[nH]nc(C)c23)CCN1. The summed E-state index contributed by atoms with van der Waals surface area (Å²) in [6.45, 7) is 5.93. The van der Waals surface area contributed by atoms with Crippen LogP contribution in [0.15, 0.2) is 24.3 Å². The third kappa shape index (κ3) is 3.20. The first-order chi connectivity index (χ1) is 13.5. The van der Waals surface area contributed by atoms with Crippen LogP contribution in [-0.4, -0.2) is 56.8 Å². The minimum absolute atomic E-state index is 0.0858. The zero-order valence-electron chi connectivity index (χ0n) is 15.8. The first-order valence-corrected chi connectivity index (χ1v) is 9.35. The van der Waals surface area contributed by atoms with E-state index in [-0.39, 0.29) is 11.9 Å². The third-order valence-corrected chi connectivity index (χ3v) is 5.22. The summed E-state index contributed by atoms with van der Waals surface area (Å²) in [5.74, 6) is -1.25. The number of aromatic hydroxyl groups is 1. The number of hydrogen-bond acceptors (Lipinski definition) is 5. The first-order valence-electron chi connectivity index (χ1n) is 9.35. The van der Waals surface area contributed by atoms with Gasteiger partial charge in [0.15, 0.2) is 17.2 Å². The number of benzene rings is 1. The normalized spacial score (nSPS) is 17.2. The summed E-state index contributed by atoms with van der Waals surface area (Å²) in [6, 6.07) is 6.01. The lowest BCUT2D eigenvalue weighted by molar-refractivity contribution is 0.0703. The van der Waals surface area contributed by atoms with Gasteiger partial charge in [0.05, 0.1) is 22.3 Å². The topological polar surface area (TPSA) is 94.1 Å². The summed E-state index contributed by atoms with van der Waals surface area (Å²) in [5.41, 5.74) is 2.59. The molecule has 1 fully saturated rings. The summed E-state index contributed by atoms with van der Waals surface area (Å²) >= 11 is 0. The molecule has 8 heteroatoms. The first kappa shape index (κ1) is 18.4. The summed E-state index contributed by atoms with van der Waals surface area (Å²) in [4.78, 5) is 19.7. The lowest BCUT2D eigenvalue weighted by Gasteiger charge is -2.33. The summed E-state index contributed by atoms with van der Waals surface area (Å²) in [7, 11) is 0. The number of aromatic nitrogens is 3. The van der Waals surface area contributed by atoms with Crippen molar-refractivity contribution in [3.05, 3.63) is 41.3 Å². The Kier molecular flexibility index (Phi) is 4.72. The van der Waals surface area contributed by atoms with Crippen LogP contribution in [0.3, 0.4) is 0 Å². The van der Waals surface area contributed by atoms with E-state index in [4.69, 9.17) is 0 Å². The zero-order valence-corrected chi connectivity index (χ0v) is 15.8. The smallest absolute Gasteiger partial charge is 0.254 e. The minimum Gasteiger partial charge on any atom is -0.505 e. The van der Waals surface area contributed by atoms with Crippen molar-refractivity contribution < 1.29 is 14.3 Å². The molecule has 1 aromatic carbocycles. The second-order valence-corrected chi connectivity index (χ2v) is 7.06. The van der Waals surface area contributed by atoms with Crippen LogP contribution < -0.4 is 5.32 Å². The molecule has 0 bridgehead atoms. The summed E-state index contributed by atoms with van der Waals surface area (Å²) in [6.07, 6.45) is 0.943. The average molecular weight is 383 g/mol. The molecule has 1 aliphatic rings. The largest absolute Gasteiger partial charge is 0.505 e. The van der Waals surface area contributed by atoms with Crippen molar-refractivity contribution in [2.75, 3.05) is 19.6 Å². The molecule has 1 atom stereocenters. The molecule has 2 aromatic heterocycles. The van der Waals surface area contributed by atoms with Crippen LogP contribution in [-0.2, 0) is 0 Å². The van der Waals surface area contributed by atoms with E-state index in [1.165, 1.54) is 12.1 Å². The maximum atomic E-state index is 13.8. The molecule has 0 spiro atoms. The Bertz CT molecular complexity index is 1050. The van der Waals surface area contributed by atoms with Crippen LogP contribution >= 0.6 is 0 Å². The number of fused-ring (bicyclic) bond motifs is 1. The highest BCUT2D eigenvalue weighted by Gasteiger charge is 2.26. The van der Waals surface area contributed by atoms with Gasteiger partial charge in [-0.05, 0) is 37.6 Å². The maximum Gasteiger partial charge on any atom is 0.254 e. The fourth-order valence-corrected chi connectivity index (χ4v) is 3.62. The second kappa shape index (κ2) is 7.20. The van der Waals surface area contributed by atoms with Gasteiger partial charge in [-0.15, -0.1) is 0 Å². The van der Waals surface area contributed by atoms with E-state index in [1.54, 1.807) is 12.1 Å². The van der Waals surface area contributed by atoms with Gasteiger partial charge < -0.3 is 15.3 Å². The van der Waals surface area contributed by atoms with E-state index in [2.05, 4.69) is 27.4 Å². The van der Waals surface area contributed by atoms with E-state index < -0.39 is 11.6 Å². The van der Waals surface area contributed by atoms with Gasteiger partial charge in [0, 0.05) is 31.2 Å². The number of hydrogen-bond donors (Lipinski definition) is 3. The number of pyridine rings is 1. The molecule has 0 saturated carbocycles. The van der Waals surface area contributed by atoms with Crippen molar-refractivity contribution in [2.45, 2.75) is 26.3 Å². The molecule has 1 aliphatic heterocycles. The van der Waals surface area contributed by atoms with Gasteiger partial charge in [0.2, 0.25) is 0 Å². The standard InChI is InChI=1S/C20H22FN5O2/c1-3-13-10-26(7-6-22-13)20(28)14-9-16(12-4-5-17(27)15(21)8-12)23-19-18(14)11(2)24-25-19/h4-5,8-9,13,22,27H,3,6-7,10H2,1-2H3,(H,23,24,25)/t13-/m0/s1. The number of nitrogens with zero attached hydrogens (tertiary/aromatic N) is 3. The Morgan fingerprint density at radius 1 is 1.39 bits per heavy atom. The number of rotatable bonds is 3. The Morgan fingerprint density at radius 3 is 2.96 bits per heavy atom. The van der Waals surface area contributed by atoms with Crippen LogP contribution in [0.2, 0.25) is 0 Å². The third-order valence-electron chi connectivity index (χ3n) is 5.22. The van der Waals surface area contributed by atoms with Gasteiger partial charge in [-0.3, -0.25) is 9.89 Å². The number of carbonyl (C=O) groups is 1. The Labute approximate surface area is 161 Å². The molecule has 4 rings (SSSR count). The Morgan fingerprint density at radius 2 is 2.21 bits per heavy atom. The molecule has 1 saturated heterocycles. The maximum absolute atomic E-state index is 13.8. The summed E-state index contributed by atoms with van der Waals surface area (Å²) in [5, 5.41) is 20.6. The highest BCUT2D eigenvalue weighted by atomic mass is 19.1. The van der Waals surface area contributed by atoms with Crippen molar-refractivity contribution in [3.63, 3.8) is 0 Å². The monoisotopic (exact) mass is 383 g/mol. The number of carbonyl (C=O) groups excluding carboxylic acids is 1. The van der Waals surface area contributed by atoms with Crippen LogP contribution in [0.4, 0.5) is 4.39 Å². The van der Waals surface area contributed by atoms with Crippen LogP contribution in [0.5, 0.6) is 5.75 Å². The Balaban J connectivity index is 1.81. The molecule has 7 nitrogen and oxygen atoms in total. The molecule has 28 heavy (non-hydrogen) atoms. The van der Waals surface area contributed by atoms with Crippen LogP contribution in [0.25, 0.3) is 22.3 Å². The van der Waals surface area contributed by atoms with Gasteiger partial charge in [-0.2, -0.15) is 5.10 Å². The number of amides is 1. The average Bonchev–Trinajstić information content (AvgIpc) is 3.09. The molecule has 0 unspecified atom stereocenters. The van der Waals surface area contributed by atoms with Gasteiger partial charge in [0.1, 0.15) is 0 Å². The molecule has 3 aromatic rings. The predicted molar refractivity (Wildman–Crippen MR) is 104 cm³/mol. The zero-order chi connectivity index (χ0) is 19.8. The van der Waals surface area contributed by atoms with Crippen LogP contribution in [0, 0.1) is 12.7 Å². The van der Waals surface area contributed by atoms with E-state index >= 15 is 0 Å². The number of phenolic OH excluding ortho intramolecular Hbond substituents is 1. The lowest BCUT2D eigenvalue weighted by atomic mass is 10.0. The van der Waals surface area contributed by atoms with Crippen molar-refractivity contribution in [3.8, 4) is 17.0 Å². The molecule has 146 valence electrons. The van der Waals surface area contributed by atoms with Crippen LogP contribution in [0.1, 0.15) is 29.4 Å². The number of piperazine rings is 1. The number of aryl methyl sites for hydroxylation is 1. The number of phenols is 1. The van der Waals surface area contributed by atoms with Gasteiger partial charge in [-0.1, -0.05) is 6.92 Å². The van der Waals surface area contributed by atoms with E-state index in [0.29, 0.717) is 46.6 Å². The quantitative estimate of drug-likeness (QED) is 0.646. The molecular weight excluding hydrogens is 361 g/mol. The molecule has 3 heterocycles.